The smallest absolute Gasteiger partial charge is 0.227 e. The third-order valence-corrected chi connectivity index (χ3v) is 6.79. The van der Waals surface area contributed by atoms with Gasteiger partial charge < -0.3 is 15.0 Å². The number of hydrogen-bond acceptors (Lipinski definition) is 7. The van der Waals surface area contributed by atoms with E-state index in [1.54, 1.807) is 12.7 Å². The number of rotatable bonds is 4. The van der Waals surface area contributed by atoms with Crippen LogP contribution in [0.1, 0.15) is 37.1 Å². The number of benzene rings is 1. The zero-order chi connectivity index (χ0) is 20.2. The van der Waals surface area contributed by atoms with Crippen molar-refractivity contribution < 1.29 is 4.74 Å². The minimum atomic E-state index is 0.571. The summed E-state index contributed by atoms with van der Waals surface area (Å²) < 4.78 is 8.10. The molecule has 7 rings (SSSR count). The first kappa shape index (κ1) is 17.8. The summed E-state index contributed by atoms with van der Waals surface area (Å²) in [6, 6.07) is 10.4. The number of anilines is 1. The van der Waals surface area contributed by atoms with Crippen LogP contribution >= 0.6 is 0 Å². The van der Waals surface area contributed by atoms with E-state index in [4.69, 9.17) is 4.74 Å². The van der Waals surface area contributed by atoms with Crippen LogP contribution in [0, 0.1) is 13.8 Å². The molecule has 154 valence electrons. The SMILES string of the molecule is Cc1c(Oc2ccc(-n3cnnc3C)cc2)ncnc1N1C2CC3CC1CC(C2)N3. The third-order valence-electron chi connectivity index (χ3n) is 6.79. The second-order valence-electron chi connectivity index (χ2n) is 8.69. The number of nitrogens with one attached hydrogen (secondary N) is 1. The van der Waals surface area contributed by atoms with Gasteiger partial charge in [-0.1, -0.05) is 0 Å². The maximum absolute atomic E-state index is 6.16. The molecule has 0 aliphatic carbocycles. The van der Waals surface area contributed by atoms with Gasteiger partial charge in [0, 0.05) is 29.9 Å². The predicted molar refractivity (Wildman–Crippen MR) is 112 cm³/mol. The van der Waals surface area contributed by atoms with Crippen LogP contribution in [0.3, 0.4) is 0 Å². The van der Waals surface area contributed by atoms with E-state index in [1.807, 2.05) is 35.8 Å². The van der Waals surface area contributed by atoms with E-state index in [0.717, 1.165) is 28.6 Å². The molecule has 4 saturated heterocycles. The summed E-state index contributed by atoms with van der Waals surface area (Å²) in [5, 5.41) is 11.7. The van der Waals surface area contributed by atoms with Crippen molar-refractivity contribution in [2.45, 2.75) is 63.7 Å². The van der Waals surface area contributed by atoms with Crippen LogP contribution in [-0.2, 0) is 0 Å². The second kappa shape index (κ2) is 6.77. The fraction of sp³-hybridized carbons (Fsp3) is 0.455. The van der Waals surface area contributed by atoms with Gasteiger partial charge in [0.1, 0.15) is 30.0 Å². The Balaban J connectivity index is 1.26. The first-order valence-electron chi connectivity index (χ1n) is 10.7. The molecule has 0 saturated carbocycles. The van der Waals surface area contributed by atoms with Crippen molar-refractivity contribution in [2.24, 2.45) is 0 Å². The van der Waals surface area contributed by atoms with Gasteiger partial charge in [0.05, 0.1) is 5.56 Å². The first-order chi connectivity index (χ1) is 14.7. The van der Waals surface area contributed by atoms with Crippen molar-refractivity contribution in [3.63, 3.8) is 0 Å². The summed E-state index contributed by atoms with van der Waals surface area (Å²) >= 11 is 0. The van der Waals surface area contributed by atoms with Crippen molar-refractivity contribution in [2.75, 3.05) is 4.90 Å². The Morgan fingerprint density at radius 2 is 1.67 bits per heavy atom. The Kier molecular flexibility index (Phi) is 4.02. The van der Waals surface area contributed by atoms with Crippen LogP contribution < -0.4 is 15.0 Å². The van der Waals surface area contributed by atoms with E-state index in [2.05, 4.69) is 37.3 Å². The Morgan fingerprint density at radius 3 is 2.30 bits per heavy atom. The molecule has 0 amide bonds. The number of piperidine rings is 4. The molecule has 0 unspecified atom stereocenters. The largest absolute Gasteiger partial charge is 0.439 e. The molecule has 6 heterocycles. The molecule has 30 heavy (non-hydrogen) atoms. The van der Waals surface area contributed by atoms with Gasteiger partial charge in [-0.3, -0.25) is 4.57 Å². The summed E-state index contributed by atoms with van der Waals surface area (Å²) in [6.07, 6.45) is 8.16. The number of aryl methyl sites for hydroxylation is 1. The van der Waals surface area contributed by atoms with E-state index in [-0.39, 0.29) is 0 Å². The molecular formula is C22H25N7O. The Bertz CT molecular complexity index is 1050. The van der Waals surface area contributed by atoms with Crippen LogP contribution in [0.4, 0.5) is 5.82 Å². The van der Waals surface area contributed by atoms with Crippen molar-refractivity contribution in [1.29, 1.82) is 0 Å². The summed E-state index contributed by atoms with van der Waals surface area (Å²) in [5.41, 5.74) is 2.01. The highest BCUT2D eigenvalue weighted by Crippen LogP contribution is 2.43. The van der Waals surface area contributed by atoms with Crippen LogP contribution in [0.15, 0.2) is 36.9 Å². The van der Waals surface area contributed by atoms with Gasteiger partial charge >= 0.3 is 0 Å². The molecule has 1 aromatic carbocycles. The summed E-state index contributed by atoms with van der Waals surface area (Å²) in [7, 11) is 0. The van der Waals surface area contributed by atoms with Crippen LogP contribution in [-0.4, -0.2) is 48.9 Å². The predicted octanol–water partition coefficient (Wildman–Crippen LogP) is 2.94. The molecule has 4 fully saturated rings. The highest BCUT2D eigenvalue weighted by Gasteiger charge is 2.47. The second-order valence-corrected chi connectivity index (χ2v) is 8.69. The van der Waals surface area contributed by atoms with Gasteiger partial charge in [-0.25, -0.2) is 9.97 Å². The van der Waals surface area contributed by atoms with Crippen molar-refractivity contribution in [3.8, 4) is 17.3 Å². The lowest BCUT2D eigenvalue weighted by Gasteiger charge is -2.57. The molecular weight excluding hydrogens is 378 g/mol. The van der Waals surface area contributed by atoms with E-state index >= 15 is 0 Å². The van der Waals surface area contributed by atoms with Crippen LogP contribution in [0.5, 0.6) is 11.6 Å². The Hall–Kier alpha value is -3.00. The standard InChI is InChI=1S/C22H25N7O/c1-13-21(29-18-7-15-8-19(29)10-16(9-18)26-15)23-11-24-22(13)30-20-5-3-17(4-6-20)28-12-25-27-14(28)2/h3-6,11-12,15-16,18-19,26H,7-10H2,1-2H3. The van der Waals surface area contributed by atoms with Gasteiger partial charge in [0.15, 0.2) is 0 Å². The number of aromatic nitrogens is 5. The van der Waals surface area contributed by atoms with Crippen molar-refractivity contribution in [3.05, 3.63) is 48.3 Å². The molecule has 4 aliphatic heterocycles. The maximum Gasteiger partial charge on any atom is 0.227 e. The average Bonchev–Trinajstić information content (AvgIpc) is 3.16. The molecule has 8 nitrogen and oxygen atoms in total. The zero-order valence-corrected chi connectivity index (χ0v) is 17.2. The Morgan fingerprint density at radius 1 is 0.967 bits per heavy atom. The van der Waals surface area contributed by atoms with Crippen LogP contribution in [0.25, 0.3) is 5.69 Å². The van der Waals surface area contributed by atoms with Gasteiger partial charge in [0.2, 0.25) is 5.88 Å². The highest BCUT2D eigenvalue weighted by atomic mass is 16.5. The van der Waals surface area contributed by atoms with Gasteiger partial charge in [-0.15, -0.1) is 10.2 Å². The molecule has 1 N–H and O–H groups in total. The topological polar surface area (TPSA) is 81.0 Å². The van der Waals surface area contributed by atoms with E-state index in [1.165, 1.54) is 25.7 Å². The number of hydrogen-bond donors (Lipinski definition) is 1. The highest BCUT2D eigenvalue weighted by molar-refractivity contribution is 5.54. The van der Waals surface area contributed by atoms with E-state index < -0.39 is 0 Å². The summed E-state index contributed by atoms with van der Waals surface area (Å²) in [4.78, 5) is 11.7. The normalized spacial score (nSPS) is 26.9. The summed E-state index contributed by atoms with van der Waals surface area (Å²) in [6.45, 7) is 4.00. The molecule has 0 spiro atoms. The molecule has 2 aromatic heterocycles. The molecule has 3 aromatic rings. The fourth-order valence-electron chi connectivity index (χ4n) is 5.52. The Labute approximate surface area is 175 Å². The fourth-order valence-corrected chi connectivity index (χ4v) is 5.52. The van der Waals surface area contributed by atoms with Crippen molar-refractivity contribution in [1.82, 2.24) is 30.0 Å². The molecule has 4 bridgehead atoms. The van der Waals surface area contributed by atoms with E-state index in [0.29, 0.717) is 30.0 Å². The molecule has 8 heteroatoms. The lowest BCUT2D eigenvalue weighted by atomic mass is 9.74. The first-order valence-corrected chi connectivity index (χ1v) is 10.7. The summed E-state index contributed by atoms with van der Waals surface area (Å²) in [5.74, 6) is 3.26. The monoisotopic (exact) mass is 403 g/mol. The number of nitrogens with zero attached hydrogens (tertiary/aromatic N) is 6. The van der Waals surface area contributed by atoms with Crippen molar-refractivity contribution >= 4 is 5.82 Å². The third kappa shape index (κ3) is 2.86. The molecule has 4 aliphatic rings. The average molecular weight is 403 g/mol. The van der Waals surface area contributed by atoms with E-state index in [9.17, 15) is 0 Å². The number of ether oxygens (including phenoxy) is 1. The molecule has 0 atom stereocenters. The quantitative estimate of drug-likeness (QED) is 0.717. The minimum Gasteiger partial charge on any atom is -0.439 e. The molecule has 0 radical (unpaired) electrons. The lowest BCUT2D eigenvalue weighted by Crippen LogP contribution is -2.68. The van der Waals surface area contributed by atoms with Gasteiger partial charge in [-0.2, -0.15) is 0 Å². The zero-order valence-electron chi connectivity index (χ0n) is 17.2. The van der Waals surface area contributed by atoms with Gasteiger partial charge in [-0.05, 0) is 63.8 Å². The lowest BCUT2D eigenvalue weighted by molar-refractivity contribution is 0.133. The minimum absolute atomic E-state index is 0.571. The van der Waals surface area contributed by atoms with Crippen LogP contribution in [0.2, 0.25) is 0 Å². The van der Waals surface area contributed by atoms with Gasteiger partial charge in [0.25, 0.3) is 0 Å². The maximum atomic E-state index is 6.16.